The number of imidazole rings is 1. The number of hydrogen-bond acceptors (Lipinski definition) is 6. The molecule has 104 valence electrons. The lowest BCUT2D eigenvalue weighted by molar-refractivity contribution is 0.361. The van der Waals surface area contributed by atoms with Crippen LogP contribution in [0.5, 0.6) is 0 Å². The van der Waals surface area contributed by atoms with Gasteiger partial charge in [-0.05, 0) is 6.42 Å². The van der Waals surface area contributed by atoms with Gasteiger partial charge in [0, 0.05) is 17.8 Å². The summed E-state index contributed by atoms with van der Waals surface area (Å²) in [5.74, 6) is 0.330. The van der Waals surface area contributed by atoms with E-state index in [1.54, 1.807) is 0 Å². The molecule has 0 atom stereocenters. The molecule has 19 heavy (non-hydrogen) atoms. The molecule has 0 saturated heterocycles. The first-order valence-electron chi connectivity index (χ1n) is 6.01. The number of aromatic amines is 1. The van der Waals surface area contributed by atoms with E-state index in [4.69, 9.17) is 4.52 Å². The van der Waals surface area contributed by atoms with Crippen molar-refractivity contribution in [3.8, 4) is 0 Å². The van der Waals surface area contributed by atoms with Crippen LogP contribution < -0.4 is 0 Å². The van der Waals surface area contributed by atoms with Gasteiger partial charge < -0.3 is 9.51 Å². The summed E-state index contributed by atoms with van der Waals surface area (Å²) in [5.41, 5.74) is 0.773. The monoisotopic (exact) mass is 284 g/mol. The predicted molar refractivity (Wildman–Crippen MR) is 67.2 cm³/mol. The standard InChI is InChI=1S/C11H16N4O3S/c1-4-8-5-12-11(13-8)19(16,17)6-9-14-10(7(2)3)18-15-9/h5,7H,4,6H2,1-3H3,(H,12,13). The van der Waals surface area contributed by atoms with Crippen molar-refractivity contribution >= 4 is 9.84 Å². The lowest BCUT2D eigenvalue weighted by Gasteiger charge is -1.96. The Morgan fingerprint density at radius 1 is 1.42 bits per heavy atom. The van der Waals surface area contributed by atoms with Crippen molar-refractivity contribution in [1.82, 2.24) is 20.1 Å². The van der Waals surface area contributed by atoms with Crippen molar-refractivity contribution in [2.75, 3.05) is 0 Å². The highest BCUT2D eigenvalue weighted by atomic mass is 32.2. The lowest BCUT2D eigenvalue weighted by atomic mass is 10.2. The fourth-order valence-electron chi connectivity index (χ4n) is 1.48. The zero-order valence-corrected chi connectivity index (χ0v) is 11.9. The van der Waals surface area contributed by atoms with E-state index >= 15 is 0 Å². The van der Waals surface area contributed by atoms with Crippen molar-refractivity contribution in [2.45, 2.75) is 44.0 Å². The molecule has 2 aromatic rings. The van der Waals surface area contributed by atoms with Gasteiger partial charge in [-0.1, -0.05) is 25.9 Å². The van der Waals surface area contributed by atoms with Crippen LogP contribution in [0.3, 0.4) is 0 Å². The second-order valence-electron chi connectivity index (χ2n) is 4.53. The Morgan fingerprint density at radius 3 is 2.68 bits per heavy atom. The van der Waals surface area contributed by atoms with Gasteiger partial charge in [0.1, 0.15) is 5.75 Å². The molecule has 2 heterocycles. The van der Waals surface area contributed by atoms with Crippen molar-refractivity contribution in [2.24, 2.45) is 0 Å². The average molecular weight is 284 g/mol. The molecular formula is C11H16N4O3S. The summed E-state index contributed by atoms with van der Waals surface area (Å²) in [7, 11) is -3.57. The maximum atomic E-state index is 12.1. The van der Waals surface area contributed by atoms with Crippen molar-refractivity contribution < 1.29 is 12.9 Å². The van der Waals surface area contributed by atoms with Crippen LogP contribution in [0.4, 0.5) is 0 Å². The molecule has 0 bridgehead atoms. The van der Waals surface area contributed by atoms with E-state index in [1.807, 2.05) is 20.8 Å². The van der Waals surface area contributed by atoms with Crippen LogP contribution in [-0.4, -0.2) is 28.5 Å². The van der Waals surface area contributed by atoms with Gasteiger partial charge in [-0.2, -0.15) is 4.98 Å². The summed E-state index contributed by atoms with van der Waals surface area (Å²) in [6, 6.07) is 0. The van der Waals surface area contributed by atoms with Crippen LogP contribution in [0.25, 0.3) is 0 Å². The minimum Gasteiger partial charge on any atom is -0.339 e. The van der Waals surface area contributed by atoms with E-state index in [9.17, 15) is 8.42 Å². The molecule has 7 nitrogen and oxygen atoms in total. The summed E-state index contributed by atoms with van der Waals surface area (Å²) in [6.07, 6.45) is 2.21. The second kappa shape index (κ2) is 5.12. The van der Waals surface area contributed by atoms with E-state index in [2.05, 4.69) is 20.1 Å². The van der Waals surface area contributed by atoms with Crippen molar-refractivity contribution in [1.29, 1.82) is 0 Å². The number of aromatic nitrogens is 4. The van der Waals surface area contributed by atoms with E-state index < -0.39 is 9.84 Å². The average Bonchev–Trinajstić information content (AvgIpc) is 2.96. The Balaban J connectivity index is 2.20. The van der Waals surface area contributed by atoms with Gasteiger partial charge in [0.05, 0.1) is 0 Å². The third-order valence-corrected chi connectivity index (χ3v) is 4.01. The first-order valence-corrected chi connectivity index (χ1v) is 7.66. The van der Waals surface area contributed by atoms with Gasteiger partial charge in [0.25, 0.3) is 0 Å². The molecule has 2 aromatic heterocycles. The Labute approximate surface area is 111 Å². The highest BCUT2D eigenvalue weighted by molar-refractivity contribution is 7.90. The van der Waals surface area contributed by atoms with Gasteiger partial charge in [0.2, 0.25) is 20.9 Å². The minimum absolute atomic E-state index is 0.0553. The number of hydrogen-bond donors (Lipinski definition) is 1. The van der Waals surface area contributed by atoms with Gasteiger partial charge in [-0.3, -0.25) is 0 Å². The molecule has 8 heteroatoms. The number of nitrogens with zero attached hydrogens (tertiary/aromatic N) is 3. The third-order valence-electron chi connectivity index (χ3n) is 2.58. The van der Waals surface area contributed by atoms with Crippen LogP contribution in [0.1, 0.15) is 44.1 Å². The molecule has 0 amide bonds. The van der Waals surface area contributed by atoms with Gasteiger partial charge in [-0.25, -0.2) is 13.4 Å². The van der Waals surface area contributed by atoms with Crippen LogP contribution in [0.15, 0.2) is 15.9 Å². The molecule has 0 aliphatic heterocycles. The van der Waals surface area contributed by atoms with Crippen LogP contribution >= 0.6 is 0 Å². The summed E-state index contributed by atoms with van der Waals surface area (Å²) >= 11 is 0. The minimum atomic E-state index is -3.57. The maximum Gasteiger partial charge on any atom is 0.229 e. The molecule has 0 aromatic carbocycles. The van der Waals surface area contributed by atoms with Gasteiger partial charge >= 0.3 is 0 Å². The van der Waals surface area contributed by atoms with Crippen LogP contribution in [-0.2, 0) is 22.0 Å². The molecule has 0 radical (unpaired) electrons. The fourth-order valence-corrected chi connectivity index (χ4v) is 2.57. The number of rotatable bonds is 5. The quantitative estimate of drug-likeness (QED) is 0.891. The predicted octanol–water partition coefficient (Wildman–Crippen LogP) is 1.45. The molecule has 2 rings (SSSR count). The normalized spacial score (nSPS) is 12.2. The number of H-pyrrole nitrogens is 1. The largest absolute Gasteiger partial charge is 0.339 e. The van der Waals surface area contributed by atoms with Crippen molar-refractivity contribution in [3.05, 3.63) is 23.6 Å². The van der Waals surface area contributed by atoms with E-state index in [1.165, 1.54) is 6.20 Å². The van der Waals surface area contributed by atoms with Gasteiger partial charge in [-0.15, -0.1) is 0 Å². The Kier molecular flexibility index (Phi) is 3.70. The molecule has 0 spiro atoms. The molecule has 0 aliphatic rings. The molecule has 0 fully saturated rings. The smallest absolute Gasteiger partial charge is 0.229 e. The van der Waals surface area contributed by atoms with Crippen molar-refractivity contribution in [3.63, 3.8) is 0 Å². The Hall–Kier alpha value is -1.70. The number of nitrogens with one attached hydrogen (secondary N) is 1. The van der Waals surface area contributed by atoms with Crippen LogP contribution in [0, 0.1) is 0 Å². The molecule has 0 saturated carbocycles. The topological polar surface area (TPSA) is 102 Å². The van der Waals surface area contributed by atoms with Crippen LogP contribution in [0.2, 0.25) is 0 Å². The molecule has 0 unspecified atom stereocenters. The summed E-state index contributed by atoms with van der Waals surface area (Å²) in [4.78, 5) is 10.7. The van der Waals surface area contributed by atoms with E-state index in [-0.39, 0.29) is 22.7 Å². The van der Waals surface area contributed by atoms with Gasteiger partial charge in [0.15, 0.2) is 5.82 Å². The Morgan fingerprint density at radius 2 is 2.16 bits per heavy atom. The second-order valence-corrected chi connectivity index (χ2v) is 6.43. The molecule has 1 N–H and O–H groups in total. The Bertz CT molecular complexity index is 657. The highest BCUT2D eigenvalue weighted by Crippen LogP contribution is 2.15. The number of sulfone groups is 1. The summed E-state index contributed by atoms with van der Waals surface area (Å²) < 4.78 is 29.2. The SMILES string of the molecule is CCc1cnc(S(=O)(=O)Cc2noc(C(C)C)n2)[nH]1. The number of aryl methyl sites for hydroxylation is 1. The third kappa shape index (κ3) is 3.01. The zero-order chi connectivity index (χ0) is 14.0. The zero-order valence-electron chi connectivity index (χ0n) is 11.0. The highest BCUT2D eigenvalue weighted by Gasteiger charge is 2.22. The summed E-state index contributed by atoms with van der Waals surface area (Å²) in [5, 5.41) is 3.61. The molecule has 0 aliphatic carbocycles. The first-order chi connectivity index (χ1) is 8.92. The summed E-state index contributed by atoms with van der Waals surface area (Å²) in [6.45, 7) is 5.70. The van der Waals surface area contributed by atoms with E-state index in [0.717, 1.165) is 5.69 Å². The first kappa shape index (κ1) is 13.7. The maximum absolute atomic E-state index is 12.1. The fraction of sp³-hybridized carbons (Fsp3) is 0.545. The molecular weight excluding hydrogens is 268 g/mol. The van der Waals surface area contributed by atoms with E-state index in [0.29, 0.717) is 12.3 Å². The lowest BCUT2D eigenvalue weighted by Crippen LogP contribution is -2.08.